The van der Waals surface area contributed by atoms with E-state index in [1.54, 1.807) is 0 Å². The molecule has 1 unspecified atom stereocenters. The van der Waals surface area contributed by atoms with Crippen molar-refractivity contribution in [2.24, 2.45) is 11.8 Å². The number of carbonyl (C=O) groups excluding carboxylic acids is 1. The second-order valence-electron chi connectivity index (χ2n) is 3.57. The number of ketones is 1. The smallest absolute Gasteiger partial charge is 0.137 e. The third-order valence-corrected chi connectivity index (χ3v) is 2.25. The van der Waals surface area contributed by atoms with Gasteiger partial charge in [-0.25, -0.2) is 0 Å². The largest absolute Gasteiger partial charge is 0.319 e. The van der Waals surface area contributed by atoms with E-state index >= 15 is 0 Å². The van der Waals surface area contributed by atoms with Crippen LogP contribution < -0.4 is 5.32 Å². The van der Waals surface area contributed by atoms with Crippen LogP contribution >= 0.6 is 0 Å². The highest BCUT2D eigenvalue weighted by Crippen LogP contribution is 2.33. The van der Waals surface area contributed by atoms with Crippen LogP contribution in [0.1, 0.15) is 26.2 Å². The average Bonchev–Trinajstić information content (AvgIpc) is 2.72. The van der Waals surface area contributed by atoms with E-state index in [1.165, 1.54) is 12.8 Å². The van der Waals surface area contributed by atoms with Gasteiger partial charge in [-0.15, -0.1) is 0 Å². The van der Waals surface area contributed by atoms with Crippen LogP contribution in [0.15, 0.2) is 0 Å². The Morgan fingerprint density at radius 1 is 1.64 bits per heavy atom. The van der Waals surface area contributed by atoms with Crippen molar-refractivity contribution in [2.75, 3.05) is 13.6 Å². The molecule has 0 aliphatic heterocycles. The number of nitrogens with one attached hydrogen (secondary N) is 1. The lowest BCUT2D eigenvalue weighted by molar-refractivity contribution is -0.122. The second-order valence-corrected chi connectivity index (χ2v) is 3.57. The van der Waals surface area contributed by atoms with E-state index in [2.05, 4.69) is 5.32 Å². The molecule has 0 bridgehead atoms. The summed E-state index contributed by atoms with van der Waals surface area (Å²) in [6.45, 7) is 2.83. The van der Waals surface area contributed by atoms with Gasteiger partial charge in [-0.1, -0.05) is 6.92 Å². The SMILES string of the molecule is CNCC(C)C(=O)CC1CC1. The number of hydrogen-bond acceptors (Lipinski definition) is 2. The van der Waals surface area contributed by atoms with Crippen molar-refractivity contribution in [1.29, 1.82) is 0 Å². The summed E-state index contributed by atoms with van der Waals surface area (Å²) in [5.74, 6) is 1.38. The van der Waals surface area contributed by atoms with Crippen molar-refractivity contribution in [3.05, 3.63) is 0 Å². The molecule has 1 N–H and O–H groups in total. The molecule has 2 nitrogen and oxygen atoms in total. The Balaban J connectivity index is 2.15. The summed E-state index contributed by atoms with van der Waals surface area (Å²) in [5.41, 5.74) is 0. The third kappa shape index (κ3) is 3.02. The maximum Gasteiger partial charge on any atom is 0.137 e. The summed E-state index contributed by atoms with van der Waals surface area (Å²) in [4.78, 5) is 11.3. The van der Waals surface area contributed by atoms with Crippen molar-refractivity contribution >= 4 is 5.78 Å². The maximum absolute atomic E-state index is 11.3. The maximum atomic E-state index is 11.3. The summed E-state index contributed by atoms with van der Waals surface area (Å²) < 4.78 is 0. The Labute approximate surface area is 68.4 Å². The van der Waals surface area contributed by atoms with E-state index in [9.17, 15) is 4.79 Å². The fourth-order valence-electron chi connectivity index (χ4n) is 1.23. The molecule has 1 atom stereocenters. The van der Waals surface area contributed by atoms with Gasteiger partial charge in [0.2, 0.25) is 0 Å². The van der Waals surface area contributed by atoms with Crippen LogP contribution in [-0.4, -0.2) is 19.4 Å². The van der Waals surface area contributed by atoms with E-state index < -0.39 is 0 Å². The number of Topliss-reactive ketones (excluding diaryl/α,β-unsaturated/α-hetero) is 1. The topological polar surface area (TPSA) is 29.1 Å². The van der Waals surface area contributed by atoms with Crippen LogP contribution in [0.3, 0.4) is 0 Å². The van der Waals surface area contributed by atoms with Crippen LogP contribution in [-0.2, 0) is 4.79 Å². The van der Waals surface area contributed by atoms with E-state index in [0.717, 1.165) is 18.9 Å². The van der Waals surface area contributed by atoms with E-state index in [-0.39, 0.29) is 5.92 Å². The fourth-order valence-corrected chi connectivity index (χ4v) is 1.23. The molecule has 0 heterocycles. The molecule has 0 saturated heterocycles. The number of hydrogen-bond donors (Lipinski definition) is 1. The molecule has 0 amide bonds. The summed E-state index contributed by atoms with van der Waals surface area (Å²) in [6, 6.07) is 0. The highest BCUT2D eigenvalue weighted by molar-refractivity contribution is 5.81. The molecule has 0 aromatic rings. The molecule has 2 heteroatoms. The van der Waals surface area contributed by atoms with Gasteiger partial charge in [0.15, 0.2) is 0 Å². The van der Waals surface area contributed by atoms with Gasteiger partial charge >= 0.3 is 0 Å². The van der Waals surface area contributed by atoms with Gasteiger partial charge in [0.25, 0.3) is 0 Å². The zero-order valence-corrected chi connectivity index (χ0v) is 7.39. The standard InChI is InChI=1S/C9H17NO/c1-7(6-10-2)9(11)5-8-3-4-8/h7-8,10H,3-6H2,1-2H3. The summed E-state index contributed by atoms with van der Waals surface area (Å²) in [6.07, 6.45) is 3.37. The van der Waals surface area contributed by atoms with Gasteiger partial charge in [0.1, 0.15) is 5.78 Å². The van der Waals surface area contributed by atoms with Gasteiger partial charge in [0, 0.05) is 18.9 Å². The molecule has 1 aliphatic carbocycles. The molecular formula is C9H17NO. The highest BCUT2D eigenvalue weighted by atomic mass is 16.1. The van der Waals surface area contributed by atoms with Crippen molar-refractivity contribution in [2.45, 2.75) is 26.2 Å². The fraction of sp³-hybridized carbons (Fsp3) is 0.889. The van der Waals surface area contributed by atoms with Gasteiger partial charge in [-0.2, -0.15) is 0 Å². The first-order valence-corrected chi connectivity index (χ1v) is 4.41. The molecule has 1 saturated carbocycles. The molecule has 1 fully saturated rings. The van der Waals surface area contributed by atoms with Crippen molar-refractivity contribution < 1.29 is 4.79 Å². The van der Waals surface area contributed by atoms with E-state index in [0.29, 0.717) is 5.78 Å². The lowest BCUT2D eigenvalue weighted by atomic mass is 10.0. The highest BCUT2D eigenvalue weighted by Gasteiger charge is 2.26. The predicted molar refractivity (Wildman–Crippen MR) is 45.4 cm³/mol. The molecule has 0 radical (unpaired) electrons. The molecule has 64 valence electrons. The van der Waals surface area contributed by atoms with Crippen molar-refractivity contribution in [3.8, 4) is 0 Å². The molecule has 0 aromatic heterocycles. The zero-order valence-electron chi connectivity index (χ0n) is 7.39. The molecule has 1 aliphatic rings. The zero-order chi connectivity index (χ0) is 8.27. The Hall–Kier alpha value is -0.370. The van der Waals surface area contributed by atoms with Gasteiger partial charge < -0.3 is 5.32 Å². The lowest BCUT2D eigenvalue weighted by Gasteiger charge is -2.07. The normalized spacial score (nSPS) is 19.8. The van der Waals surface area contributed by atoms with Crippen LogP contribution in [0, 0.1) is 11.8 Å². The van der Waals surface area contributed by atoms with Crippen LogP contribution in [0.5, 0.6) is 0 Å². The molecule has 0 aromatic carbocycles. The Kier molecular flexibility index (Phi) is 3.06. The monoisotopic (exact) mass is 155 g/mol. The molecule has 11 heavy (non-hydrogen) atoms. The van der Waals surface area contributed by atoms with Crippen LogP contribution in [0.25, 0.3) is 0 Å². The quantitative estimate of drug-likeness (QED) is 0.646. The van der Waals surface area contributed by atoms with Crippen LogP contribution in [0.4, 0.5) is 0 Å². The first kappa shape index (κ1) is 8.72. The average molecular weight is 155 g/mol. The van der Waals surface area contributed by atoms with Gasteiger partial charge in [-0.3, -0.25) is 4.79 Å². The second kappa shape index (κ2) is 3.86. The van der Waals surface area contributed by atoms with Crippen molar-refractivity contribution in [3.63, 3.8) is 0 Å². The minimum absolute atomic E-state index is 0.209. The van der Waals surface area contributed by atoms with Crippen LogP contribution in [0.2, 0.25) is 0 Å². The number of carbonyl (C=O) groups is 1. The lowest BCUT2D eigenvalue weighted by Crippen LogP contribution is -2.23. The molecule has 1 rings (SSSR count). The number of rotatable bonds is 5. The predicted octanol–water partition coefficient (Wildman–Crippen LogP) is 1.21. The van der Waals surface area contributed by atoms with E-state index in [1.807, 2.05) is 14.0 Å². The van der Waals surface area contributed by atoms with E-state index in [4.69, 9.17) is 0 Å². The van der Waals surface area contributed by atoms with Crippen molar-refractivity contribution in [1.82, 2.24) is 5.32 Å². The first-order valence-electron chi connectivity index (χ1n) is 4.41. The Morgan fingerprint density at radius 2 is 2.27 bits per heavy atom. The summed E-state index contributed by atoms with van der Waals surface area (Å²) in [5, 5.41) is 3.02. The van der Waals surface area contributed by atoms with Gasteiger partial charge in [0.05, 0.1) is 0 Å². The molecular weight excluding hydrogens is 138 g/mol. The summed E-state index contributed by atoms with van der Waals surface area (Å²) >= 11 is 0. The summed E-state index contributed by atoms with van der Waals surface area (Å²) in [7, 11) is 1.89. The Morgan fingerprint density at radius 3 is 2.73 bits per heavy atom. The first-order chi connectivity index (χ1) is 5.24. The minimum atomic E-state index is 0.209. The minimum Gasteiger partial charge on any atom is -0.319 e. The third-order valence-electron chi connectivity index (χ3n) is 2.25. The van der Waals surface area contributed by atoms with Gasteiger partial charge in [-0.05, 0) is 25.8 Å². The molecule has 0 spiro atoms. The Bertz CT molecular complexity index is 140.